The summed E-state index contributed by atoms with van der Waals surface area (Å²) in [4.78, 5) is 12.1. The first-order valence-corrected chi connectivity index (χ1v) is 10.4. The van der Waals surface area contributed by atoms with Crippen molar-refractivity contribution in [3.63, 3.8) is 0 Å². The van der Waals surface area contributed by atoms with Gasteiger partial charge in [-0.05, 0) is 63.8 Å². The van der Waals surface area contributed by atoms with E-state index in [1.807, 2.05) is 31.2 Å². The fraction of sp³-hybridized carbons (Fsp3) is 0.609. The molecule has 0 spiro atoms. The number of allylic oxidation sites excluding steroid dienone is 7. The summed E-state index contributed by atoms with van der Waals surface area (Å²) < 4.78 is 0. The first-order chi connectivity index (χ1) is 13.5. The lowest BCUT2D eigenvalue weighted by Gasteiger charge is -2.31. The molecule has 28 heavy (non-hydrogen) atoms. The van der Waals surface area contributed by atoms with E-state index < -0.39 is 6.23 Å². The normalized spacial score (nSPS) is 27.4. The van der Waals surface area contributed by atoms with Crippen LogP contribution in [0.1, 0.15) is 45.4 Å². The smallest absolute Gasteiger partial charge is 0.221 e. The van der Waals surface area contributed by atoms with E-state index in [9.17, 15) is 9.90 Å². The average Bonchev–Trinajstić information content (AvgIpc) is 2.85. The summed E-state index contributed by atoms with van der Waals surface area (Å²) in [5.41, 5.74) is 5.71. The molecule has 0 saturated heterocycles. The minimum atomic E-state index is -0.648. The lowest BCUT2D eigenvalue weighted by molar-refractivity contribution is -0.123. The van der Waals surface area contributed by atoms with Crippen LogP contribution >= 0.6 is 0 Å². The molecule has 5 heteroatoms. The van der Waals surface area contributed by atoms with Gasteiger partial charge < -0.3 is 15.9 Å². The molecule has 0 aliphatic heterocycles. The maximum Gasteiger partial charge on any atom is 0.221 e. The third-order valence-electron chi connectivity index (χ3n) is 5.60. The summed E-state index contributed by atoms with van der Waals surface area (Å²) in [6, 6.07) is 0. The number of carbonyl (C=O) groups is 1. The highest BCUT2D eigenvalue weighted by Crippen LogP contribution is 2.39. The quantitative estimate of drug-likeness (QED) is 0.178. The minimum absolute atomic E-state index is 0.0148. The van der Waals surface area contributed by atoms with Crippen LogP contribution in [0.4, 0.5) is 0 Å². The van der Waals surface area contributed by atoms with Crippen molar-refractivity contribution in [2.75, 3.05) is 13.2 Å². The minimum Gasteiger partial charge on any atom is -0.396 e. The fourth-order valence-corrected chi connectivity index (χ4v) is 4.04. The van der Waals surface area contributed by atoms with Gasteiger partial charge in [-0.15, -0.1) is 0 Å². The lowest BCUT2D eigenvalue weighted by Crippen LogP contribution is -2.41. The zero-order valence-electron chi connectivity index (χ0n) is 17.2. The van der Waals surface area contributed by atoms with Gasteiger partial charge in [-0.3, -0.25) is 10.1 Å². The third-order valence-corrected chi connectivity index (χ3v) is 5.60. The number of hydrogen-bond acceptors (Lipinski definition) is 4. The Kier molecular flexibility index (Phi) is 12.5. The molecule has 0 aromatic rings. The molecule has 1 aliphatic carbocycles. The molecule has 0 radical (unpaired) electrons. The van der Waals surface area contributed by atoms with E-state index in [1.54, 1.807) is 6.08 Å². The molecular formula is C23H38N2O3. The van der Waals surface area contributed by atoms with Crippen LogP contribution in [-0.2, 0) is 4.79 Å². The number of aliphatic hydroxyl groups is 2. The molecule has 1 saturated carbocycles. The van der Waals surface area contributed by atoms with E-state index in [2.05, 4.69) is 24.0 Å². The molecule has 1 aliphatic rings. The van der Waals surface area contributed by atoms with Gasteiger partial charge in [0.2, 0.25) is 5.91 Å². The average molecular weight is 391 g/mol. The molecule has 158 valence electrons. The van der Waals surface area contributed by atoms with Crippen LogP contribution < -0.4 is 11.1 Å². The highest BCUT2D eigenvalue weighted by molar-refractivity contribution is 5.77. The summed E-state index contributed by atoms with van der Waals surface area (Å²) in [6.45, 7) is 6.49. The number of rotatable bonds is 12. The van der Waals surface area contributed by atoms with Gasteiger partial charge in [0.25, 0.3) is 0 Å². The van der Waals surface area contributed by atoms with Crippen LogP contribution in [0, 0.1) is 23.7 Å². The zero-order valence-corrected chi connectivity index (χ0v) is 17.2. The van der Waals surface area contributed by atoms with Crippen molar-refractivity contribution in [1.82, 2.24) is 5.32 Å². The van der Waals surface area contributed by atoms with E-state index >= 15 is 0 Å². The standard InChI is InChI=1S/C23H38N2O3/c1-3-5-7-11-18-13-14-20(22(24)27)19(12-8-6-4-2)17-21(18)23(28)25-15-9-10-16-26/h3-8,12,18-21,23,25-26,28H,1,9-11,13-17H2,2H3,(H2,24,27). The van der Waals surface area contributed by atoms with E-state index in [0.29, 0.717) is 19.4 Å². The van der Waals surface area contributed by atoms with E-state index in [1.165, 1.54) is 0 Å². The summed E-state index contributed by atoms with van der Waals surface area (Å²) in [5.74, 6) is -0.173. The van der Waals surface area contributed by atoms with Crippen molar-refractivity contribution in [3.8, 4) is 0 Å². The number of primary amides is 1. The number of hydrogen-bond donors (Lipinski definition) is 4. The lowest BCUT2D eigenvalue weighted by atomic mass is 9.81. The molecule has 1 amide bonds. The van der Waals surface area contributed by atoms with Gasteiger partial charge in [-0.25, -0.2) is 0 Å². The van der Waals surface area contributed by atoms with Gasteiger partial charge in [-0.1, -0.05) is 49.1 Å². The number of amides is 1. The summed E-state index contributed by atoms with van der Waals surface area (Å²) in [5, 5.41) is 23.0. The maximum absolute atomic E-state index is 12.1. The Labute approximate surface area is 170 Å². The van der Waals surface area contributed by atoms with Crippen molar-refractivity contribution in [3.05, 3.63) is 49.1 Å². The van der Waals surface area contributed by atoms with Crippen molar-refractivity contribution >= 4 is 5.91 Å². The Bertz CT molecular complexity index is 542. The van der Waals surface area contributed by atoms with Crippen LogP contribution in [0.3, 0.4) is 0 Å². The predicted molar refractivity (Wildman–Crippen MR) is 115 cm³/mol. The monoisotopic (exact) mass is 390 g/mol. The van der Waals surface area contributed by atoms with Gasteiger partial charge >= 0.3 is 0 Å². The van der Waals surface area contributed by atoms with Crippen molar-refractivity contribution in [1.29, 1.82) is 0 Å². The third kappa shape index (κ3) is 8.55. The first kappa shape index (κ1) is 24.3. The number of aliphatic hydroxyl groups excluding tert-OH is 2. The molecule has 0 aromatic carbocycles. The molecular weight excluding hydrogens is 352 g/mol. The van der Waals surface area contributed by atoms with Crippen LogP contribution in [-0.4, -0.2) is 35.5 Å². The first-order valence-electron chi connectivity index (χ1n) is 10.4. The molecule has 5 unspecified atom stereocenters. The molecule has 1 fully saturated rings. The van der Waals surface area contributed by atoms with Crippen LogP contribution in [0.2, 0.25) is 0 Å². The highest BCUT2D eigenvalue weighted by Gasteiger charge is 2.37. The Hall–Kier alpha value is -1.69. The number of unbranched alkanes of at least 4 members (excludes halogenated alkanes) is 1. The second-order valence-electron chi connectivity index (χ2n) is 7.55. The number of carbonyl (C=O) groups excluding carboxylic acids is 1. The van der Waals surface area contributed by atoms with Gasteiger partial charge in [0.1, 0.15) is 6.23 Å². The SMILES string of the molecule is C=CC=CCC1CCC(C(N)=O)C(C=CC=CC)CC1C(O)NCCCCO. The van der Waals surface area contributed by atoms with Crippen LogP contribution in [0.25, 0.3) is 0 Å². The summed E-state index contributed by atoms with van der Waals surface area (Å²) in [7, 11) is 0. The van der Waals surface area contributed by atoms with Crippen molar-refractivity contribution in [2.24, 2.45) is 29.4 Å². The van der Waals surface area contributed by atoms with Crippen LogP contribution in [0.15, 0.2) is 49.1 Å². The van der Waals surface area contributed by atoms with Gasteiger partial charge in [-0.2, -0.15) is 0 Å². The molecule has 0 bridgehead atoms. The zero-order chi connectivity index (χ0) is 20.8. The molecule has 5 atom stereocenters. The van der Waals surface area contributed by atoms with E-state index in [-0.39, 0.29) is 36.2 Å². The Morgan fingerprint density at radius 2 is 2.07 bits per heavy atom. The van der Waals surface area contributed by atoms with Gasteiger partial charge in [0.05, 0.1) is 0 Å². The van der Waals surface area contributed by atoms with E-state index in [0.717, 1.165) is 25.7 Å². The predicted octanol–water partition coefficient (Wildman–Crippen LogP) is 3.07. The Balaban J connectivity index is 2.99. The van der Waals surface area contributed by atoms with Crippen molar-refractivity contribution < 1.29 is 15.0 Å². The number of nitrogens with one attached hydrogen (secondary N) is 1. The van der Waals surface area contributed by atoms with E-state index in [4.69, 9.17) is 10.8 Å². The second-order valence-corrected chi connectivity index (χ2v) is 7.55. The molecule has 1 rings (SSSR count). The van der Waals surface area contributed by atoms with Crippen LogP contribution in [0.5, 0.6) is 0 Å². The summed E-state index contributed by atoms with van der Waals surface area (Å²) >= 11 is 0. The fourth-order valence-electron chi connectivity index (χ4n) is 4.04. The maximum atomic E-state index is 12.1. The number of nitrogens with two attached hydrogens (primary N) is 1. The molecule has 0 heterocycles. The van der Waals surface area contributed by atoms with Gasteiger partial charge in [0, 0.05) is 18.4 Å². The molecule has 5 nitrogen and oxygen atoms in total. The largest absolute Gasteiger partial charge is 0.396 e. The topological polar surface area (TPSA) is 95.6 Å². The van der Waals surface area contributed by atoms with Gasteiger partial charge in [0.15, 0.2) is 0 Å². The van der Waals surface area contributed by atoms with Crippen molar-refractivity contribution in [2.45, 2.75) is 51.7 Å². The Morgan fingerprint density at radius 3 is 2.71 bits per heavy atom. The molecule has 5 N–H and O–H groups in total. The Morgan fingerprint density at radius 1 is 1.29 bits per heavy atom. The molecule has 0 aromatic heterocycles. The second kappa shape index (κ2) is 14.3. The summed E-state index contributed by atoms with van der Waals surface area (Å²) in [6.07, 6.45) is 17.7. The highest BCUT2D eigenvalue weighted by atomic mass is 16.3.